The van der Waals surface area contributed by atoms with Gasteiger partial charge in [-0.3, -0.25) is 0 Å². The van der Waals surface area contributed by atoms with E-state index >= 15 is 0 Å². The van der Waals surface area contributed by atoms with Crippen LogP contribution in [0.4, 0.5) is 5.95 Å². The Hall–Kier alpha value is -1.20. The molecule has 1 aliphatic rings. The lowest BCUT2D eigenvalue weighted by Crippen LogP contribution is -2.20. The van der Waals surface area contributed by atoms with E-state index in [0.717, 1.165) is 31.7 Å². The van der Waals surface area contributed by atoms with Crippen molar-refractivity contribution in [3.8, 4) is 0 Å². The average molecular weight is 208 g/mol. The van der Waals surface area contributed by atoms with Crippen molar-refractivity contribution in [2.75, 3.05) is 18.5 Å². The van der Waals surface area contributed by atoms with E-state index in [-0.39, 0.29) is 0 Å². The topological polar surface area (TPSA) is 73.1 Å². The number of rotatable bonds is 4. The fourth-order valence-corrected chi connectivity index (χ4v) is 1.61. The van der Waals surface area contributed by atoms with Gasteiger partial charge in [0.05, 0.1) is 11.8 Å². The maximum atomic E-state index is 5.49. The van der Waals surface area contributed by atoms with Crippen molar-refractivity contribution in [1.29, 1.82) is 0 Å². The molecule has 0 aliphatic carbocycles. The number of ether oxygens (including phenoxy) is 1. The fraction of sp³-hybridized carbons (Fsp3) is 0.600. The molecule has 0 amide bonds. The lowest BCUT2D eigenvalue weighted by atomic mass is 10.2. The van der Waals surface area contributed by atoms with Crippen molar-refractivity contribution >= 4 is 5.95 Å². The minimum Gasteiger partial charge on any atom is -0.376 e. The van der Waals surface area contributed by atoms with Crippen molar-refractivity contribution in [3.05, 3.63) is 18.0 Å². The van der Waals surface area contributed by atoms with E-state index in [9.17, 15) is 0 Å². The molecule has 1 atom stereocenters. The van der Waals surface area contributed by atoms with Gasteiger partial charge in [-0.25, -0.2) is 9.97 Å². The molecule has 2 rings (SSSR count). The van der Waals surface area contributed by atoms with Gasteiger partial charge in [-0.15, -0.1) is 0 Å². The van der Waals surface area contributed by atoms with Crippen LogP contribution in [0.2, 0.25) is 0 Å². The van der Waals surface area contributed by atoms with E-state index in [1.54, 1.807) is 6.20 Å². The van der Waals surface area contributed by atoms with Gasteiger partial charge in [0, 0.05) is 25.9 Å². The number of nitrogens with zero attached hydrogens (tertiary/aromatic N) is 2. The first kappa shape index (κ1) is 10.3. The number of aromatic nitrogens is 2. The highest BCUT2D eigenvalue weighted by Gasteiger charge is 2.15. The third-order valence-corrected chi connectivity index (χ3v) is 2.43. The first-order valence-corrected chi connectivity index (χ1v) is 5.26. The molecule has 15 heavy (non-hydrogen) atoms. The molecule has 0 aromatic carbocycles. The molecule has 1 saturated heterocycles. The summed E-state index contributed by atoms with van der Waals surface area (Å²) in [5, 5.41) is 3.16. The van der Waals surface area contributed by atoms with Crippen LogP contribution in [0.15, 0.2) is 12.3 Å². The van der Waals surface area contributed by atoms with Crippen LogP contribution in [0.5, 0.6) is 0 Å². The van der Waals surface area contributed by atoms with Gasteiger partial charge in [0.2, 0.25) is 5.95 Å². The molecule has 0 saturated carbocycles. The maximum absolute atomic E-state index is 5.49. The molecule has 1 aromatic heterocycles. The van der Waals surface area contributed by atoms with Gasteiger partial charge < -0.3 is 15.8 Å². The van der Waals surface area contributed by atoms with E-state index in [4.69, 9.17) is 10.5 Å². The van der Waals surface area contributed by atoms with Gasteiger partial charge in [0.25, 0.3) is 0 Å². The zero-order valence-corrected chi connectivity index (χ0v) is 8.65. The van der Waals surface area contributed by atoms with E-state index in [1.165, 1.54) is 0 Å². The molecular formula is C10H16N4O. The van der Waals surface area contributed by atoms with Gasteiger partial charge in [0.1, 0.15) is 0 Å². The fourth-order valence-electron chi connectivity index (χ4n) is 1.61. The van der Waals surface area contributed by atoms with E-state index in [2.05, 4.69) is 15.3 Å². The molecule has 1 unspecified atom stereocenters. The smallest absolute Gasteiger partial charge is 0.222 e. The second-order valence-corrected chi connectivity index (χ2v) is 3.59. The summed E-state index contributed by atoms with van der Waals surface area (Å²) >= 11 is 0. The Bertz CT molecular complexity index is 312. The Labute approximate surface area is 89.1 Å². The third kappa shape index (κ3) is 2.87. The van der Waals surface area contributed by atoms with Gasteiger partial charge in [-0.2, -0.15) is 0 Å². The molecule has 82 valence electrons. The highest BCUT2D eigenvalue weighted by Crippen LogP contribution is 2.12. The van der Waals surface area contributed by atoms with Crippen molar-refractivity contribution in [2.24, 2.45) is 5.73 Å². The van der Waals surface area contributed by atoms with Gasteiger partial charge >= 0.3 is 0 Å². The van der Waals surface area contributed by atoms with Gasteiger partial charge in [-0.1, -0.05) is 0 Å². The van der Waals surface area contributed by atoms with Crippen molar-refractivity contribution in [1.82, 2.24) is 9.97 Å². The van der Waals surface area contributed by atoms with Crippen LogP contribution in [0.25, 0.3) is 0 Å². The molecule has 1 aliphatic heterocycles. The van der Waals surface area contributed by atoms with Crippen LogP contribution in [-0.2, 0) is 11.3 Å². The predicted octanol–water partition coefficient (Wildman–Crippen LogP) is 0.526. The molecule has 1 aromatic rings. The summed E-state index contributed by atoms with van der Waals surface area (Å²) in [7, 11) is 0. The lowest BCUT2D eigenvalue weighted by Gasteiger charge is -2.10. The first-order valence-electron chi connectivity index (χ1n) is 5.26. The summed E-state index contributed by atoms with van der Waals surface area (Å²) in [6.07, 6.45) is 4.28. The summed E-state index contributed by atoms with van der Waals surface area (Å²) in [6.45, 7) is 2.08. The van der Waals surface area contributed by atoms with E-state index in [0.29, 0.717) is 18.6 Å². The monoisotopic (exact) mass is 208 g/mol. The zero-order chi connectivity index (χ0) is 10.5. The van der Waals surface area contributed by atoms with Crippen LogP contribution >= 0.6 is 0 Å². The normalized spacial score (nSPS) is 20.5. The number of hydrogen-bond donors (Lipinski definition) is 2. The standard InChI is InChI=1S/C10H16N4O/c11-6-8-3-4-12-10(14-8)13-7-9-2-1-5-15-9/h3-4,9H,1-2,5-7,11H2,(H,12,13,14). The Morgan fingerprint density at radius 1 is 1.60 bits per heavy atom. The largest absolute Gasteiger partial charge is 0.376 e. The Balaban J connectivity index is 1.86. The first-order chi connectivity index (χ1) is 7.38. The molecule has 5 nitrogen and oxygen atoms in total. The number of anilines is 1. The molecule has 0 bridgehead atoms. The highest BCUT2D eigenvalue weighted by molar-refractivity contribution is 5.25. The zero-order valence-electron chi connectivity index (χ0n) is 8.65. The molecule has 0 spiro atoms. The Kier molecular flexibility index (Phi) is 3.47. The second kappa shape index (κ2) is 5.04. The van der Waals surface area contributed by atoms with Crippen LogP contribution in [-0.4, -0.2) is 29.2 Å². The number of nitrogens with two attached hydrogens (primary N) is 1. The van der Waals surface area contributed by atoms with Crippen molar-refractivity contribution < 1.29 is 4.74 Å². The SMILES string of the molecule is NCc1ccnc(NCC2CCCO2)n1. The highest BCUT2D eigenvalue weighted by atomic mass is 16.5. The van der Waals surface area contributed by atoms with Crippen molar-refractivity contribution in [2.45, 2.75) is 25.5 Å². The summed E-state index contributed by atoms with van der Waals surface area (Å²) < 4.78 is 5.49. The van der Waals surface area contributed by atoms with Gasteiger partial charge in [0.15, 0.2) is 0 Å². The quantitative estimate of drug-likeness (QED) is 0.755. The molecule has 0 radical (unpaired) electrons. The average Bonchev–Trinajstić information content (AvgIpc) is 2.79. The molecule has 2 heterocycles. The van der Waals surface area contributed by atoms with Crippen LogP contribution in [0.3, 0.4) is 0 Å². The summed E-state index contributed by atoms with van der Waals surface area (Å²) in [5.41, 5.74) is 6.34. The van der Waals surface area contributed by atoms with Crippen LogP contribution in [0.1, 0.15) is 18.5 Å². The van der Waals surface area contributed by atoms with E-state index in [1.807, 2.05) is 6.07 Å². The number of nitrogens with one attached hydrogen (secondary N) is 1. The minimum atomic E-state index is 0.301. The molecular weight excluding hydrogens is 192 g/mol. The summed E-state index contributed by atoms with van der Waals surface area (Å²) in [5.74, 6) is 0.633. The van der Waals surface area contributed by atoms with Crippen molar-refractivity contribution in [3.63, 3.8) is 0 Å². The van der Waals surface area contributed by atoms with Crippen LogP contribution < -0.4 is 11.1 Å². The molecule has 5 heteroatoms. The molecule has 1 fully saturated rings. The van der Waals surface area contributed by atoms with Crippen LogP contribution in [0, 0.1) is 0 Å². The Morgan fingerprint density at radius 2 is 2.53 bits per heavy atom. The maximum Gasteiger partial charge on any atom is 0.222 e. The van der Waals surface area contributed by atoms with Gasteiger partial charge in [-0.05, 0) is 18.9 Å². The minimum absolute atomic E-state index is 0.301. The third-order valence-electron chi connectivity index (χ3n) is 2.43. The summed E-state index contributed by atoms with van der Waals surface area (Å²) in [4.78, 5) is 8.36. The second-order valence-electron chi connectivity index (χ2n) is 3.59. The van der Waals surface area contributed by atoms with E-state index < -0.39 is 0 Å². The number of hydrogen-bond acceptors (Lipinski definition) is 5. The summed E-state index contributed by atoms with van der Waals surface area (Å²) in [6, 6.07) is 1.82. The Morgan fingerprint density at radius 3 is 3.27 bits per heavy atom. The lowest BCUT2D eigenvalue weighted by molar-refractivity contribution is 0.120. The molecule has 3 N–H and O–H groups in total. The predicted molar refractivity (Wildman–Crippen MR) is 57.4 cm³/mol.